The van der Waals surface area contributed by atoms with Crippen molar-refractivity contribution in [1.29, 1.82) is 0 Å². The molecule has 0 aromatic heterocycles. The quantitative estimate of drug-likeness (QED) is 0.506. The molecular weight excluding hydrogens is 340 g/mol. The fraction of sp³-hybridized carbons (Fsp3) is 0.750. The van der Waals surface area contributed by atoms with Crippen molar-refractivity contribution in [1.82, 2.24) is 0 Å². The van der Waals surface area contributed by atoms with Crippen LogP contribution in [0, 0.1) is 11.3 Å². The van der Waals surface area contributed by atoms with Crippen LogP contribution in [0.5, 0.6) is 5.75 Å². The second kappa shape index (κ2) is 10.6. The van der Waals surface area contributed by atoms with Gasteiger partial charge in [0, 0.05) is 0 Å². The molecule has 150 valence electrons. The Morgan fingerprint density at radius 3 is 2.15 bits per heavy atom. The standard InChI is InChI=1S/C18H27ClO.C6H14/c1-11(2)15-7-13(8-16(19)17(15)20)14-6-12(3)9-18(4,5)10-14;1-3-5-6-4-2/h7-8,11-12,14,20H,6,9-10H2,1-5H3;3-6H2,1-2H3. The molecule has 0 saturated heterocycles. The van der Waals surface area contributed by atoms with Crippen LogP contribution in [0.25, 0.3) is 0 Å². The molecule has 1 nitrogen and oxygen atoms in total. The van der Waals surface area contributed by atoms with Crippen LogP contribution in [0.2, 0.25) is 5.02 Å². The first-order valence-electron chi connectivity index (χ1n) is 10.6. The molecule has 0 amide bonds. The number of rotatable bonds is 5. The average molecular weight is 381 g/mol. The lowest BCUT2D eigenvalue weighted by molar-refractivity contribution is 0.168. The van der Waals surface area contributed by atoms with Gasteiger partial charge in [-0.25, -0.2) is 0 Å². The number of aromatic hydroxyl groups is 1. The second-order valence-corrected chi connectivity index (χ2v) is 9.82. The average Bonchev–Trinajstić information content (AvgIpc) is 2.53. The van der Waals surface area contributed by atoms with Gasteiger partial charge in [0.1, 0.15) is 5.75 Å². The van der Waals surface area contributed by atoms with Crippen LogP contribution in [-0.4, -0.2) is 5.11 Å². The van der Waals surface area contributed by atoms with Crippen LogP contribution in [0.1, 0.15) is 116 Å². The van der Waals surface area contributed by atoms with Gasteiger partial charge in [0.05, 0.1) is 5.02 Å². The summed E-state index contributed by atoms with van der Waals surface area (Å²) >= 11 is 6.24. The fourth-order valence-electron chi connectivity index (χ4n) is 4.42. The summed E-state index contributed by atoms with van der Waals surface area (Å²) in [6.07, 6.45) is 9.26. The number of benzene rings is 1. The van der Waals surface area contributed by atoms with Crippen molar-refractivity contribution >= 4 is 11.6 Å². The summed E-state index contributed by atoms with van der Waals surface area (Å²) < 4.78 is 0. The Hall–Kier alpha value is -0.690. The number of phenolic OH excluding ortho intramolecular Hbond substituents is 1. The third-order valence-electron chi connectivity index (χ3n) is 5.55. The highest BCUT2D eigenvalue weighted by Gasteiger charge is 2.33. The molecule has 1 aromatic carbocycles. The number of halogens is 1. The van der Waals surface area contributed by atoms with E-state index in [1.165, 1.54) is 50.5 Å². The summed E-state index contributed by atoms with van der Waals surface area (Å²) in [4.78, 5) is 0. The maximum absolute atomic E-state index is 10.1. The van der Waals surface area contributed by atoms with E-state index in [4.69, 9.17) is 11.6 Å². The molecule has 0 heterocycles. The van der Waals surface area contributed by atoms with E-state index in [0.717, 1.165) is 11.5 Å². The Morgan fingerprint density at radius 2 is 1.69 bits per heavy atom. The predicted molar refractivity (Wildman–Crippen MR) is 117 cm³/mol. The van der Waals surface area contributed by atoms with Crippen molar-refractivity contribution in [3.8, 4) is 5.75 Å². The molecule has 1 aliphatic carbocycles. The number of phenols is 1. The second-order valence-electron chi connectivity index (χ2n) is 9.41. The van der Waals surface area contributed by atoms with Gasteiger partial charge in [0.2, 0.25) is 0 Å². The van der Waals surface area contributed by atoms with Gasteiger partial charge in [-0.2, -0.15) is 0 Å². The normalized spacial score (nSPS) is 22.0. The summed E-state index contributed by atoms with van der Waals surface area (Å²) in [6.45, 7) is 15.7. The molecule has 0 bridgehead atoms. The summed E-state index contributed by atoms with van der Waals surface area (Å²) in [7, 11) is 0. The molecule has 26 heavy (non-hydrogen) atoms. The number of hydrogen-bond acceptors (Lipinski definition) is 1. The van der Waals surface area contributed by atoms with Crippen LogP contribution in [0.15, 0.2) is 12.1 Å². The van der Waals surface area contributed by atoms with E-state index in [9.17, 15) is 5.11 Å². The molecule has 1 aliphatic rings. The summed E-state index contributed by atoms with van der Waals surface area (Å²) in [5.41, 5.74) is 2.67. The molecular formula is C24H41ClO. The molecule has 1 fully saturated rings. The first-order chi connectivity index (χ1) is 12.1. The highest BCUT2D eigenvalue weighted by atomic mass is 35.5. The topological polar surface area (TPSA) is 20.2 Å². The molecule has 0 spiro atoms. The zero-order chi connectivity index (χ0) is 19.9. The van der Waals surface area contributed by atoms with Crippen molar-refractivity contribution in [2.45, 2.75) is 105 Å². The maximum Gasteiger partial charge on any atom is 0.137 e. The van der Waals surface area contributed by atoms with Gasteiger partial charge in [-0.1, -0.05) is 91.8 Å². The Morgan fingerprint density at radius 1 is 1.12 bits per heavy atom. The maximum atomic E-state index is 10.1. The van der Waals surface area contributed by atoms with Crippen molar-refractivity contribution in [2.24, 2.45) is 11.3 Å². The van der Waals surface area contributed by atoms with Crippen LogP contribution < -0.4 is 0 Å². The third kappa shape index (κ3) is 7.14. The van der Waals surface area contributed by atoms with Gasteiger partial charge in [0.15, 0.2) is 0 Å². The Bertz CT molecular complexity index is 543. The number of hydrogen-bond donors (Lipinski definition) is 1. The minimum Gasteiger partial charge on any atom is -0.506 e. The highest BCUT2D eigenvalue weighted by Crippen LogP contribution is 2.47. The first-order valence-corrected chi connectivity index (χ1v) is 11.0. The van der Waals surface area contributed by atoms with Crippen molar-refractivity contribution in [2.75, 3.05) is 0 Å². The summed E-state index contributed by atoms with van der Waals surface area (Å²) in [5, 5.41) is 10.6. The van der Waals surface area contributed by atoms with E-state index >= 15 is 0 Å². The van der Waals surface area contributed by atoms with Crippen molar-refractivity contribution in [3.63, 3.8) is 0 Å². The molecule has 1 N–H and O–H groups in total. The third-order valence-corrected chi connectivity index (χ3v) is 5.84. The molecule has 2 rings (SSSR count). The van der Waals surface area contributed by atoms with Gasteiger partial charge >= 0.3 is 0 Å². The predicted octanol–water partition coefficient (Wildman–Crippen LogP) is 8.69. The van der Waals surface area contributed by atoms with Crippen LogP contribution in [0.3, 0.4) is 0 Å². The first kappa shape index (κ1) is 23.3. The molecule has 1 aromatic rings. The SMILES string of the molecule is CC1CC(c2cc(Cl)c(O)c(C(C)C)c2)CC(C)(C)C1.CCCCCC. The fourth-order valence-corrected chi connectivity index (χ4v) is 4.65. The number of unbranched alkanes of at least 4 members (excludes halogenated alkanes) is 3. The van der Waals surface area contributed by atoms with E-state index in [1.54, 1.807) is 0 Å². The van der Waals surface area contributed by atoms with Gasteiger partial charge in [-0.15, -0.1) is 0 Å². The van der Waals surface area contributed by atoms with Gasteiger partial charge in [-0.05, 0) is 59.6 Å². The summed E-state index contributed by atoms with van der Waals surface area (Å²) in [6, 6.07) is 4.15. The minimum atomic E-state index is 0.258. The lowest BCUT2D eigenvalue weighted by Crippen LogP contribution is -2.26. The lowest BCUT2D eigenvalue weighted by Gasteiger charge is -2.39. The Kier molecular flexibility index (Phi) is 9.51. The monoisotopic (exact) mass is 380 g/mol. The minimum absolute atomic E-state index is 0.258. The molecule has 2 atom stereocenters. The van der Waals surface area contributed by atoms with E-state index in [0.29, 0.717) is 22.3 Å². The van der Waals surface area contributed by atoms with E-state index < -0.39 is 0 Å². The zero-order valence-electron chi connectivity index (χ0n) is 18.2. The van der Waals surface area contributed by atoms with E-state index in [2.05, 4.69) is 54.5 Å². The van der Waals surface area contributed by atoms with Crippen LogP contribution >= 0.6 is 11.6 Å². The van der Waals surface area contributed by atoms with Crippen molar-refractivity contribution in [3.05, 3.63) is 28.3 Å². The van der Waals surface area contributed by atoms with Crippen molar-refractivity contribution < 1.29 is 5.11 Å². The molecule has 0 radical (unpaired) electrons. The van der Waals surface area contributed by atoms with E-state index in [1.807, 2.05) is 6.07 Å². The largest absolute Gasteiger partial charge is 0.506 e. The smallest absolute Gasteiger partial charge is 0.137 e. The van der Waals surface area contributed by atoms with Gasteiger partial charge < -0.3 is 5.11 Å². The zero-order valence-corrected chi connectivity index (χ0v) is 18.9. The molecule has 2 heteroatoms. The molecule has 1 saturated carbocycles. The van der Waals surface area contributed by atoms with Gasteiger partial charge in [-0.3, -0.25) is 0 Å². The summed E-state index contributed by atoms with van der Waals surface area (Å²) in [5.74, 6) is 1.86. The molecule has 0 aliphatic heterocycles. The van der Waals surface area contributed by atoms with Crippen LogP contribution in [-0.2, 0) is 0 Å². The Labute approximate surface area is 167 Å². The van der Waals surface area contributed by atoms with Gasteiger partial charge in [0.25, 0.3) is 0 Å². The van der Waals surface area contributed by atoms with E-state index in [-0.39, 0.29) is 5.75 Å². The molecule has 2 unspecified atom stereocenters. The Balaban J connectivity index is 0.000000487. The van der Waals surface area contributed by atoms with Crippen LogP contribution in [0.4, 0.5) is 0 Å². The highest BCUT2D eigenvalue weighted by molar-refractivity contribution is 6.32. The lowest BCUT2D eigenvalue weighted by atomic mass is 9.66.